The third-order valence-corrected chi connectivity index (χ3v) is 10.4. The molecule has 1 aliphatic carbocycles. The molecule has 0 N–H and O–H groups in total. The summed E-state index contributed by atoms with van der Waals surface area (Å²) in [5.41, 5.74) is 0. The molecule has 142 valence electrons. The van der Waals surface area contributed by atoms with Crippen molar-refractivity contribution in [2.24, 2.45) is 5.92 Å². The van der Waals surface area contributed by atoms with Crippen LogP contribution in [0.4, 0.5) is 0 Å². The van der Waals surface area contributed by atoms with Gasteiger partial charge in [-0.25, -0.2) is 0 Å². The molecule has 0 atom stereocenters. The summed E-state index contributed by atoms with van der Waals surface area (Å²) in [6.07, 6.45) is 6.44. The minimum Gasteiger partial charge on any atom is -0.295 e. The predicted molar refractivity (Wildman–Crippen MR) is 122 cm³/mol. The van der Waals surface area contributed by atoms with Gasteiger partial charge in [0.15, 0.2) is 5.78 Å². The van der Waals surface area contributed by atoms with Gasteiger partial charge in [0.05, 0.1) is 0 Å². The van der Waals surface area contributed by atoms with Gasteiger partial charge < -0.3 is 0 Å². The number of hydrogen-bond donors (Lipinski definition) is 0. The van der Waals surface area contributed by atoms with E-state index < -0.39 is 7.26 Å². The summed E-state index contributed by atoms with van der Waals surface area (Å²) in [7, 11) is -2.03. The number of Topliss-reactive ketones (excluding diaryl/α,β-unsaturated/α-hetero) is 1. The highest BCUT2D eigenvalue weighted by molar-refractivity contribution is 7.96. The fraction of sp³-hybridized carbons (Fsp3) is 0.269. The largest absolute Gasteiger partial charge is 0.295 e. The molecule has 0 aliphatic heterocycles. The Hall–Kier alpha value is -2.24. The van der Waals surface area contributed by atoms with Crippen LogP contribution in [0.2, 0.25) is 0 Å². The van der Waals surface area contributed by atoms with E-state index in [1.54, 1.807) is 0 Å². The van der Waals surface area contributed by atoms with Crippen LogP contribution in [-0.4, -0.2) is 11.9 Å². The second kappa shape index (κ2) is 8.84. The average molecular weight is 387 g/mol. The van der Waals surface area contributed by atoms with Gasteiger partial charge in [-0.3, -0.25) is 4.79 Å². The van der Waals surface area contributed by atoms with Gasteiger partial charge in [0.25, 0.3) is 0 Å². The lowest BCUT2D eigenvalue weighted by atomic mass is 9.87. The molecule has 0 bridgehead atoms. The molecule has 2 heteroatoms. The maximum Gasteiger partial charge on any atom is 0.174 e. The van der Waals surface area contributed by atoms with Crippen LogP contribution in [0.5, 0.6) is 0 Å². The Morgan fingerprint density at radius 3 is 1.43 bits per heavy atom. The van der Waals surface area contributed by atoms with Gasteiger partial charge in [-0.05, 0) is 49.2 Å². The van der Waals surface area contributed by atoms with Gasteiger partial charge in [-0.1, -0.05) is 73.9 Å². The minimum absolute atomic E-state index is 0.240. The van der Waals surface area contributed by atoms with E-state index in [-0.39, 0.29) is 5.92 Å². The smallest absolute Gasteiger partial charge is 0.174 e. The molecule has 0 amide bonds. The molecule has 0 aromatic heterocycles. The van der Waals surface area contributed by atoms with Gasteiger partial charge in [0.2, 0.25) is 0 Å². The Morgan fingerprint density at radius 2 is 1.04 bits per heavy atom. The number of benzene rings is 3. The molecule has 4 rings (SSSR count). The van der Waals surface area contributed by atoms with Crippen molar-refractivity contribution in [3.63, 3.8) is 0 Å². The number of ketones is 1. The van der Waals surface area contributed by atoms with Crippen molar-refractivity contribution in [2.75, 3.05) is 6.16 Å². The molecule has 0 saturated heterocycles. The molecule has 1 saturated carbocycles. The molecule has 0 radical (unpaired) electrons. The van der Waals surface area contributed by atoms with Crippen molar-refractivity contribution >= 4 is 29.0 Å². The summed E-state index contributed by atoms with van der Waals surface area (Å²) < 4.78 is 0. The normalized spacial score (nSPS) is 15.3. The number of rotatable bonds is 6. The summed E-state index contributed by atoms with van der Waals surface area (Å²) in [6, 6.07) is 32.2. The Bertz CT molecular complexity index is 787. The Labute approximate surface area is 169 Å². The molecule has 3 aromatic carbocycles. The minimum atomic E-state index is -2.03. The number of carbonyl (C=O) groups is 1. The van der Waals surface area contributed by atoms with Gasteiger partial charge in [0, 0.05) is 5.92 Å². The quantitative estimate of drug-likeness (QED) is 0.536. The van der Waals surface area contributed by atoms with E-state index in [1.807, 2.05) is 0 Å². The van der Waals surface area contributed by atoms with Crippen LogP contribution < -0.4 is 15.9 Å². The standard InChI is InChI=1S/C26H28OP/c27-26(22-13-5-1-6-14-22)21-28(23-15-7-2-8-16-23,24-17-9-3-10-18-24)25-19-11-4-12-20-25/h2-4,7-12,15-20,22H,1,5-6,13-14,21H2/q+1. The molecular weight excluding hydrogens is 359 g/mol. The third kappa shape index (κ3) is 3.82. The molecule has 3 aromatic rings. The van der Waals surface area contributed by atoms with Crippen LogP contribution in [0.15, 0.2) is 91.0 Å². The summed E-state index contributed by atoms with van der Waals surface area (Å²) in [5.74, 6) is 0.703. The molecule has 28 heavy (non-hydrogen) atoms. The van der Waals surface area contributed by atoms with Crippen LogP contribution in [0, 0.1) is 5.92 Å². The van der Waals surface area contributed by atoms with Crippen LogP contribution in [0.1, 0.15) is 32.1 Å². The zero-order valence-corrected chi connectivity index (χ0v) is 17.2. The lowest BCUT2D eigenvalue weighted by Gasteiger charge is -2.29. The zero-order chi connectivity index (χ0) is 19.2. The first-order valence-corrected chi connectivity index (χ1v) is 12.4. The molecule has 1 nitrogen and oxygen atoms in total. The number of hydrogen-bond acceptors (Lipinski definition) is 1. The topological polar surface area (TPSA) is 17.1 Å². The van der Waals surface area contributed by atoms with Gasteiger partial charge in [0.1, 0.15) is 29.3 Å². The Morgan fingerprint density at radius 1 is 0.643 bits per heavy atom. The molecule has 0 unspecified atom stereocenters. The van der Waals surface area contributed by atoms with Crippen molar-refractivity contribution in [1.29, 1.82) is 0 Å². The van der Waals surface area contributed by atoms with Gasteiger partial charge in [-0.2, -0.15) is 0 Å². The maximum atomic E-state index is 13.6. The average Bonchev–Trinajstić information content (AvgIpc) is 2.80. The second-order valence-electron chi connectivity index (χ2n) is 7.78. The molecule has 0 heterocycles. The van der Waals surface area contributed by atoms with Crippen LogP contribution in [0.25, 0.3) is 0 Å². The Kier molecular flexibility index (Phi) is 6.03. The second-order valence-corrected chi connectivity index (χ2v) is 11.3. The fourth-order valence-electron chi connectivity index (χ4n) is 4.56. The summed E-state index contributed by atoms with van der Waals surface area (Å²) in [5, 5.41) is 3.91. The first-order chi connectivity index (χ1) is 13.8. The summed E-state index contributed by atoms with van der Waals surface area (Å²) in [4.78, 5) is 13.6. The van der Waals surface area contributed by atoms with Crippen LogP contribution in [-0.2, 0) is 4.79 Å². The zero-order valence-electron chi connectivity index (χ0n) is 16.3. The van der Waals surface area contributed by atoms with Crippen molar-refractivity contribution in [3.05, 3.63) is 91.0 Å². The monoisotopic (exact) mass is 387 g/mol. The van der Waals surface area contributed by atoms with Crippen molar-refractivity contribution in [1.82, 2.24) is 0 Å². The fourth-order valence-corrected chi connectivity index (χ4v) is 8.77. The first kappa shape index (κ1) is 19.1. The van der Waals surface area contributed by atoms with E-state index >= 15 is 0 Å². The molecular formula is C26H28OP+. The molecule has 1 aliphatic rings. The SMILES string of the molecule is O=C(C[P+](c1ccccc1)(c1ccccc1)c1ccccc1)C1CCCCC1. The van der Waals surface area contributed by atoms with Crippen molar-refractivity contribution < 1.29 is 4.79 Å². The predicted octanol–water partition coefficient (Wildman–Crippen LogP) is 5.13. The lowest BCUT2D eigenvalue weighted by molar-refractivity contribution is -0.121. The molecule has 0 spiro atoms. The van der Waals surface area contributed by atoms with Crippen molar-refractivity contribution in [2.45, 2.75) is 32.1 Å². The van der Waals surface area contributed by atoms with Crippen molar-refractivity contribution in [3.8, 4) is 0 Å². The summed E-state index contributed by atoms with van der Waals surface area (Å²) in [6.45, 7) is 0. The van der Waals surface area contributed by atoms with Gasteiger partial charge >= 0.3 is 0 Å². The van der Waals surface area contributed by atoms with Gasteiger partial charge in [-0.15, -0.1) is 0 Å². The highest BCUT2D eigenvalue weighted by Crippen LogP contribution is 2.55. The third-order valence-electron chi connectivity index (χ3n) is 6.04. The van der Waals surface area contributed by atoms with E-state index in [0.717, 1.165) is 12.8 Å². The maximum absolute atomic E-state index is 13.6. The number of carbonyl (C=O) groups excluding carboxylic acids is 1. The molecule has 1 fully saturated rings. The van der Waals surface area contributed by atoms with E-state index in [4.69, 9.17) is 0 Å². The van der Waals surface area contributed by atoms with E-state index in [0.29, 0.717) is 11.9 Å². The summed E-state index contributed by atoms with van der Waals surface area (Å²) >= 11 is 0. The van der Waals surface area contributed by atoms with Crippen LogP contribution in [0.3, 0.4) is 0 Å². The highest BCUT2D eigenvalue weighted by Gasteiger charge is 2.48. The van der Waals surface area contributed by atoms with E-state index in [2.05, 4.69) is 91.0 Å². The first-order valence-electron chi connectivity index (χ1n) is 10.4. The Balaban J connectivity index is 1.87. The van der Waals surface area contributed by atoms with E-state index in [1.165, 1.54) is 35.2 Å². The van der Waals surface area contributed by atoms with E-state index in [9.17, 15) is 4.79 Å². The highest BCUT2D eigenvalue weighted by atomic mass is 31.2. The lowest BCUT2D eigenvalue weighted by Crippen LogP contribution is -2.37. The van der Waals surface area contributed by atoms with Crippen LogP contribution >= 0.6 is 7.26 Å².